The van der Waals surface area contributed by atoms with Crippen LogP contribution in [0.3, 0.4) is 0 Å². The molecule has 2 aromatic carbocycles. The number of nitriles is 1. The third-order valence-electron chi connectivity index (χ3n) is 3.16. The summed E-state index contributed by atoms with van der Waals surface area (Å²) in [7, 11) is 0. The van der Waals surface area contributed by atoms with Crippen molar-refractivity contribution in [2.24, 2.45) is 0 Å². The predicted molar refractivity (Wildman–Crippen MR) is 80.2 cm³/mol. The van der Waals surface area contributed by atoms with E-state index in [9.17, 15) is 14.7 Å². The van der Waals surface area contributed by atoms with Crippen LogP contribution in [-0.2, 0) is 11.2 Å². The third kappa shape index (κ3) is 3.93. The van der Waals surface area contributed by atoms with Gasteiger partial charge in [-0.3, -0.25) is 4.79 Å². The van der Waals surface area contributed by atoms with Crippen molar-refractivity contribution in [2.45, 2.75) is 12.5 Å². The monoisotopic (exact) mass is 294 g/mol. The molecule has 1 atom stereocenters. The summed E-state index contributed by atoms with van der Waals surface area (Å²) in [5.74, 6) is -1.53. The minimum absolute atomic E-state index is 0.152. The second-order valence-corrected chi connectivity index (χ2v) is 4.74. The van der Waals surface area contributed by atoms with Gasteiger partial charge in [0.05, 0.1) is 11.6 Å². The maximum absolute atomic E-state index is 12.0. The molecule has 0 aromatic heterocycles. The Balaban J connectivity index is 2.08. The summed E-state index contributed by atoms with van der Waals surface area (Å²) in [5.41, 5.74) is 1.65. The quantitative estimate of drug-likeness (QED) is 0.882. The number of carbonyl (C=O) groups is 2. The number of amides is 1. The number of nitrogens with zero attached hydrogens (tertiary/aromatic N) is 1. The normalized spacial score (nSPS) is 11.2. The molecule has 110 valence electrons. The molecule has 22 heavy (non-hydrogen) atoms. The lowest BCUT2D eigenvalue weighted by atomic mass is 10.0. The van der Waals surface area contributed by atoms with Crippen molar-refractivity contribution in [1.82, 2.24) is 5.32 Å². The van der Waals surface area contributed by atoms with E-state index in [0.29, 0.717) is 11.1 Å². The highest BCUT2D eigenvalue weighted by Gasteiger charge is 2.21. The van der Waals surface area contributed by atoms with Crippen LogP contribution in [0.5, 0.6) is 0 Å². The third-order valence-corrected chi connectivity index (χ3v) is 3.16. The molecule has 5 nitrogen and oxygen atoms in total. The number of hydrogen-bond donors (Lipinski definition) is 2. The fourth-order valence-electron chi connectivity index (χ4n) is 1.98. The Morgan fingerprint density at radius 1 is 1.09 bits per heavy atom. The first-order valence-corrected chi connectivity index (χ1v) is 6.68. The van der Waals surface area contributed by atoms with Crippen LogP contribution in [0.2, 0.25) is 0 Å². The van der Waals surface area contributed by atoms with E-state index in [1.807, 2.05) is 6.07 Å². The van der Waals surface area contributed by atoms with Crippen molar-refractivity contribution >= 4 is 11.9 Å². The Bertz CT molecular complexity index is 703. The van der Waals surface area contributed by atoms with Crippen LogP contribution in [0, 0.1) is 11.3 Å². The summed E-state index contributed by atoms with van der Waals surface area (Å²) >= 11 is 0. The summed E-state index contributed by atoms with van der Waals surface area (Å²) in [6.07, 6.45) is 0.152. The molecule has 0 heterocycles. The Morgan fingerprint density at radius 2 is 1.73 bits per heavy atom. The highest BCUT2D eigenvalue weighted by molar-refractivity contribution is 5.96. The second-order valence-electron chi connectivity index (χ2n) is 4.74. The highest BCUT2D eigenvalue weighted by Crippen LogP contribution is 2.08. The van der Waals surface area contributed by atoms with Gasteiger partial charge in [0.2, 0.25) is 0 Å². The molecule has 0 aliphatic rings. The molecule has 1 amide bonds. The van der Waals surface area contributed by atoms with Crippen LogP contribution in [0.1, 0.15) is 21.5 Å². The molecular formula is C17H14N2O3. The first-order valence-electron chi connectivity index (χ1n) is 6.68. The molecule has 0 spiro atoms. The number of benzene rings is 2. The fourth-order valence-corrected chi connectivity index (χ4v) is 1.98. The summed E-state index contributed by atoms with van der Waals surface area (Å²) in [4.78, 5) is 23.4. The molecule has 0 radical (unpaired) electrons. The van der Waals surface area contributed by atoms with Crippen molar-refractivity contribution in [1.29, 1.82) is 5.26 Å². The molecule has 0 fully saturated rings. The van der Waals surface area contributed by atoms with E-state index in [-0.39, 0.29) is 6.42 Å². The molecule has 2 N–H and O–H groups in total. The smallest absolute Gasteiger partial charge is 0.326 e. The van der Waals surface area contributed by atoms with Crippen molar-refractivity contribution < 1.29 is 14.7 Å². The number of aliphatic carboxylic acids is 1. The van der Waals surface area contributed by atoms with E-state index in [1.54, 1.807) is 54.6 Å². The maximum atomic E-state index is 12.0. The van der Waals surface area contributed by atoms with Crippen molar-refractivity contribution in [2.75, 3.05) is 0 Å². The molecule has 2 aromatic rings. The predicted octanol–water partition coefficient (Wildman–Crippen LogP) is 1.98. The van der Waals surface area contributed by atoms with Crippen molar-refractivity contribution in [3.05, 3.63) is 71.3 Å². The number of hydrogen-bond acceptors (Lipinski definition) is 3. The minimum atomic E-state index is -1.10. The van der Waals surface area contributed by atoms with E-state index >= 15 is 0 Å². The minimum Gasteiger partial charge on any atom is -0.480 e. The first-order chi connectivity index (χ1) is 10.6. The largest absolute Gasteiger partial charge is 0.480 e. The number of carboxylic acids is 1. The lowest BCUT2D eigenvalue weighted by molar-refractivity contribution is -0.139. The van der Waals surface area contributed by atoms with Gasteiger partial charge in [-0.15, -0.1) is 0 Å². The Kier molecular flexibility index (Phi) is 4.89. The average molecular weight is 294 g/mol. The van der Waals surface area contributed by atoms with Gasteiger partial charge in [-0.25, -0.2) is 4.79 Å². The van der Waals surface area contributed by atoms with Crippen LogP contribution in [0.25, 0.3) is 0 Å². The van der Waals surface area contributed by atoms with Gasteiger partial charge >= 0.3 is 5.97 Å². The molecule has 5 heteroatoms. The van der Waals surface area contributed by atoms with Gasteiger partial charge in [-0.2, -0.15) is 5.26 Å². The van der Waals surface area contributed by atoms with E-state index < -0.39 is 17.9 Å². The molecule has 2 rings (SSSR count). The molecular weight excluding hydrogens is 280 g/mol. The fraction of sp³-hybridized carbons (Fsp3) is 0.118. The Labute approximate surface area is 127 Å². The topological polar surface area (TPSA) is 90.2 Å². The molecule has 0 unspecified atom stereocenters. The zero-order valence-electron chi connectivity index (χ0n) is 11.7. The molecule has 0 bridgehead atoms. The standard InChI is InChI=1S/C17H14N2O3/c18-11-13-8-6-12(7-9-13)10-15(17(21)22)19-16(20)14-4-2-1-3-5-14/h1-9,15H,10H2,(H,19,20)(H,21,22)/t15-/m0/s1. The van der Waals surface area contributed by atoms with Crippen LogP contribution in [0.4, 0.5) is 0 Å². The number of carboxylic acid groups (broad SMARTS) is 1. The second kappa shape index (κ2) is 7.04. The van der Waals surface area contributed by atoms with E-state index in [2.05, 4.69) is 5.32 Å². The Morgan fingerprint density at radius 3 is 2.27 bits per heavy atom. The number of nitrogens with one attached hydrogen (secondary N) is 1. The van der Waals surface area contributed by atoms with Crippen LogP contribution < -0.4 is 5.32 Å². The van der Waals surface area contributed by atoms with Gasteiger partial charge in [-0.1, -0.05) is 30.3 Å². The summed E-state index contributed by atoms with van der Waals surface area (Å²) in [6, 6.07) is 16.0. The highest BCUT2D eigenvalue weighted by atomic mass is 16.4. The van der Waals surface area contributed by atoms with Crippen LogP contribution in [-0.4, -0.2) is 23.0 Å². The number of carbonyl (C=O) groups excluding carboxylic acids is 1. The number of rotatable bonds is 5. The molecule has 0 aliphatic carbocycles. The van der Waals surface area contributed by atoms with Gasteiger partial charge < -0.3 is 10.4 Å². The van der Waals surface area contributed by atoms with Crippen molar-refractivity contribution in [3.8, 4) is 6.07 Å². The van der Waals surface area contributed by atoms with Gasteiger partial charge in [0, 0.05) is 12.0 Å². The van der Waals surface area contributed by atoms with Gasteiger partial charge in [0.25, 0.3) is 5.91 Å². The van der Waals surface area contributed by atoms with Crippen LogP contribution >= 0.6 is 0 Å². The van der Waals surface area contributed by atoms with Gasteiger partial charge in [0.1, 0.15) is 6.04 Å². The van der Waals surface area contributed by atoms with Crippen LogP contribution in [0.15, 0.2) is 54.6 Å². The summed E-state index contributed by atoms with van der Waals surface area (Å²) < 4.78 is 0. The van der Waals surface area contributed by atoms with E-state index in [4.69, 9.17) is 5.26 Å². The lowest BCUT2D eigenvalue weighted by Crippen LogP contribution is -2.42. The average Bonchev–Trinajstić information content (AvgIpc) is 2.55. The lowest BCUT2D eigenvalue weighted by Gasteiger charge is -2.14. The van der Waals surface area contributed by atoms with Crippen molar-refractivity contribution in [3.63, 3.8) is 0 Å². The van der Waals surface area contributed by atoms with Gasteiger partial charge in [0.15, 0.2) is 0 Å². The zero-order valence-corrected chi connectivity index (χ0v) is 11.7. The van der Waals surface area contributed by atoms with Gasteiger partial charge in [-0.05, 0) is 29.8 Å². The zero-order chi connectivity index (χ0) is 15.9. The first kappa shape index (κ1) is 15.3. The summed E-state index contributed by atoms with van der Waals surface area (Å²) in [6.45, 7) is 0. The maximum Gasteiger partial charge on any atom is 0.326 e. The Hall–Kier alpha value is -3.13. The molecule has 0 aliphatic heterocycles. The van der Waals surface area contributed by atoms with E-state index in [0.717, 1.165) is 5.56 Å². The molecule has 0 saturated carbocycles. The SMILES string of the molecule is N#Cc1ccc(C[C@H](NC(=O)c2ccccc2)C(=O)O)cc1. The molecule has 0 saturated heterocycles. The summed E-state index contributed by atoms with van der Waals surface area (Å²) in [5, 5.41) is 20.5. The van der Waals surface area contributed by atoms with E-state index in [1.165, 1.54) is 0 Å².